The second kappa shape index (κ2) is 11.4. The number of hydrogen-bond acceptors (Lipinski definition) is 5. The van der Waals surface area contributed by atoms with Crippen molar-refractivity contribution in [2.24, 2.45) is 0 Å². The molecule has 4 aromatic carbocycles. The summed E-state index contributed by atoms with van der Waals surface area (Å²) in [6.07, 6.45) is 0. The Hall–Kier alpha value is -4.97. The predicted octanol–water partition coefficient (Wildman–Crippen LogP) is 7.26. The summed E-state index contributed by atoms with van der Waals surface area (Å²) in [5, 5.41) is 3.42. The number of carbonyl (C=O) groups is 1. The average molecular weight is 505 g/mol. The molecule has 1 aromatic heterocycles. The van der Waals surface area contributed by atoms with Crippen molar-refractivity contribution in [1.82, 2.24) is 4.57 Å². The van der Waals surface area contributed by atoms with Gasteiger partial charge in [-0.1, -0.05) is 60.7 Å². The van der Waals surface area contributed by atoms with E-state index in [9.17, 15) is 4.79 Å². The molecule has 0 bridgehead atoms. The molecule has 0 aliphatic heterocycles. The summed E-state index contributed by atoms with van der Waals surface area (Å²) in [7, 11) is 3.26. The van der Waals surface area contributed by atoms with Gasteiger partial charge < -0.3 is 24.1 Å². The summed E-state index contributed by atoms with van der Waals surface area (Å²) in [6, 6.07) is 36.7. The van der Waals surface area contributed by atoms with Gasteiger partial charge in [-0.15, -0.1) is 0 Å². The topological polar surface area (TPSA) is 61.7 Å². The van der Waals surface area contributed by atoms with E-state index in [0.29, 0.717) is 11.4 Å². The molecule has 0 aliphatic carbocycles. The Kier molecular flexibility index (Phi) is 7.41. The summed E-state index contributed by atoms with van der Waals surface area (Å²) in [5.41, 5.74) is 5.36. The largest absolute Gasteiger partial charge is 0.497 e. The molecule has 0 fully saturated rings. The van der Waals surface area contributed by atoms with Crippen LogP contribution in [0.15, 0.2) is 115 Å². The maximum Gasteiger partial charge on any atom is 0.357 e. The molecule has 0 unspecified atom stereocenters. The maximum atomic E-state index is 13.8. The number of benzene rings is 4. The number of nitrogens with one attached hydrogen (secondary N) is 1. The number of anilines is 2. The highest BCUT2D eigenvalue weighted by Crippen LogP contribution is 2.36. The summed E-state index contributed by atoms with van der Waals surface area (Å²) >= 11 is 0. The molecular formula is C32H28N2O4. The molecule has 5 rings (SSSR count). The first kappa shape index (κ1) is 24.7. The van der Waals surface area contributed by atoms with E-state index in [1.54, 1.807) is 14.2 Å². The second-order valence-electron chi connectivity index (χ2n) is 8.61. The number of aromatic nitrogens is 1. The van der Waals surface area contributed by atoms with Crippen LogP contribution in [0.25, 0.3) is 16.9 Å². The van der Waals surface area contributed by atoms with Crippen molar-refractivity contribution in [3.05, 3.63) is 127 Å². The third-order valence-electron chi connectivity index (χ3n) is 6.18. The van der Waals surface area contributed by atoms with E-state index in [-0.39, 0.29) is 6.61 Å². The second-order valence-corrected chi connectivity index (χ2v) is 8.61. The van der Waals surface area contributed by atoms with E-state index in [4.69, 9.17) is 14.2 Å². The minimum absolute atomic E-state index is 0.163. The highest BCUT2D eigenvalue weighted by molar-refractivity contribution is 5.98. The molecule has 0 radical (unpaired) electrons. The van der Waals surface area contributed by atoms with Gasteiger partial charge in [-0.05, 0) is 65.7 Å². The predicted molar refractivity (Wildman–Crippen MR) is 150 cm³/mol. The molecule has 0 saturated heterocycles. The molecule has 1 N–H and O–H groups in total. The fourth-order valence-electron chi connectivity index (χ4n) is 4.25. The van der Waals surface area contributed by atoms with E-state index in [1.165, 1.54) is 0 Å². The van der Waals surface area contributed by atoms with Crippen LogP contribution in [0.4, 0.5) is 11.4 Å². The average Bonchev–Trinajstić information content (AvgIpc) is 3.36. The van der Waals surface area contributed by atoms with E-state index >= 15 is 0 Å². The lowest BCUT2D eigenvalue weighted by Gasteiger charge is -2.15. The van der Waals surface area contributed by atoms with Gasteiger partial charge >= 0.3 is 5.97 Å². The van der Waals surface area contributed by atoms with Gasteiger partial charge in [0.15, 0.2) is 5.69 Å². The van der Waals surface area contributed by atoms with Crippen molar-refractivity contribution >= 4 is 17.3 Å². The first-order chi connectivity index (χ1) is 18.7. The number of esters is 1. The SMILES string of the molecule is COc1ccc(Nc2cc(-c3ccccc3)n(-c3ccc(OC)cc3)c2C(=O)OCc2ccccc2)cc1. The van der Waals surface area contributed by atoms with Crippen LogP contribution >= 0.6 is 0 Å². The normalized spacial score (nSPS) is 10.6. The van der Waals surface area contributed by atoms with Crippen LogP contribution in [0, 0.1) is 0 Å². The van der Waals surface area contributed by atoms with Crippen LogP contribution < -0.4 is 14.8 Å². The lowest BCUT2D eigenvalue weighted by atomic mass is 10.1. The van der Waals surface area contributed by atoms with Crippen molar-refractivity contribution in [3.63, 3.8) is 0 Å². The van der Waals surface area contributed by atoms with Crippen molar-refractivity contribution in [2.75, 3.05) is 19.5 Å². The molecule has 0 spiro atoms. The van der Waals surface area contributed by atoms with Crippen molar-refractivity contribution in [1.29, 1.82) is 0 Å². The molecule has 38 heavy (non-hydrogen) atoms. The quantitative estimate of drug-likeness (QED) is 0.214. The molecule has 190 valence electrons. The van der Waals surface area contributed by atoms with E-state index in [0.717, 1.165) is 39.7 Å². The van der Waals surface area contributed by atoms with Crippen molar-refractivity contribution in [2.45, 2.75) is 6.61 Å². The number of ether oxygens (including phenoxy) is 3. The number of hydrogen-bond donors (Lipinski definition) is 1. The highest BCUT2D eigenvalue weighted by atomic mass is 16.5. The lowest BCUT2D eigenvalue weighted by molar-refractivity contribution is 0.0464. The van der Waals surface area contributed by atoms with Crippen LogP contribution in [-0.4, -0.2) is 24.8 Å². The van der Waals surface area contributed by atoms with E-state index < -0.39 is 5.97 Å². The molecular weight excluding hydrogens is 476 g/mol. The number of carbonyl (C=O) groups excluding carboxylic acids is 1. The summed E-state index contributed by atoms with van der Waals surface area (Å²) in [4.78, 5) is 13.8. The van der Waals surface area contributed by atoms with Gasteiger partial charge in [-0.25, -0.2) is 4.79 Å². The van der Waals surface area contributed by atoms with Crippen molar-refractivity contribution in [3.8, 4) is 28.4 Å². The molecule has 6 heteroatoms. The van der Waals surface area contributed by atoms with Gasteiger partial charge in [0.05, 0.1) is 25.6 Å². The summed E-state index contributed by atoms with van der Waals surface area (Å²) < 4.78 is 18.4. The van der Waals surface area contributed by atoms with Gasteiger partial charge in [0.25, 0.3) is 0 Å². The minimum Gasteiger partial charge on any atom is -0.497 e. The molecule has 1 heterocycles. The zero-order chi connectivity index (χ0) is 26.3. The Morgan fingerprint density at radius 1 is 0.737 bits per heavy atom. The lowest BCUT2D eigenvalue weighted by Crippen LogP contribution is -2.14. The van der Waals surface area contributed by atoms with Crippen LogP contribution in [0.2, 0.25) is 0 Å². The third kappa shape index (κ3) is 5.39. The van der Waals surface area contributed by atoms with E-state index in [1.807, 2.05) is 120 Å². The Balaban J connectivity index is 1.63. The maximum absolute atomic E-state index is 13.8. The molecule has 0 atom stereocenters. The molecule has 0 saturated carbocycles. The summed E-state index contributed by atoms with van der Waals surface area (Å²) in [6.45, 7) is 0.163. The smallest absolute Gasteiger partial charge is 0.357 e. The fourth-order valence-corrected chi connectivity index (χ4v) is 4.25. The Morgan fingerprint density at radius 3 is 1.92 bits per heavy atom. The molecule has 0 amide bonds. The summed E-state index contributed by atoms with van der Waals surface area (Å²) in [5.74, 6) is 1.04. The molecule has 5 aromatic rings. The first-order valence-corrected chi connectivity index (χ1v) is 12.2. The van der Waals surface area contributed by atoms with Gasteiger partial charge in [0, 0.05) is 11.4 Å². The molecule has 6 nitrogen and oxygen atoms in total. The van der Waals surface area contributed by atoms with Gasteiger partial charge in [-0.3, -0.25) is 0 Å². The monoisotopic (exact) mass is 504 g/mol. The van der Waals surface area contributed by atoms with Crippen LogP contribution in [0.1, 0.15) is 16.1 Å². The minimum atomic E-state index is -0.442. The Labute approximate surface area is 222 Å². The number of methoxy groups -OCH3 is 2. The highest BCUT2D eigenvalue weighted by Gasteiger charge is 2.25. The van der Waals surface area contributed by atoms with Gasteiger partial charge in [-0.2, -0.15) is 0 Å². The van der Waals surface area contributed by atoms with Gasteiger partial charge in [0.2, 0.25) is 0 Å². The Bertz CT molecular complexity index is 1490. The van der Waals surface area contributed by atoms with Crippen LogP contribution in [0.3, 0.4) is 0 Å². The number of rotatable bonds is 9. The Morgan fingerprint density at radius 2 is 1.32 bits per heavy atom. The standard InChI is InChI=1S/C32H28N2O4/c1-36-27-17-13-25(14-18-27)33-29-21-30(24-11-7-4-8-12-24)34(26-15-19-28(37-2)20-16-26)31(29)32(35)38-22-23-9-5-3-6-10-23/h3-21,33H,22H2,1-2H3. The fraction of sp³-hybridized carbons (Fsp3) is 0.0938. The zero-order valence-corrected chi connectivity index (χ0v) is 21.3. The van der Waals surface area contributed by atoms with Gasteiger partial charge in [0.1, 0.15) is 18.1 Å². The van der Waals surface area contributed by atoms with E-state index in [2.05, 4.69) is 5.32 Å². The zero-order valence-electron chi connectivity index (χ0n) is 21.3. The molecule has 0 aliphatic rings. The first-order valence-electron chi connectivity index (χ1n) is 12.2. The third-order valence-corrected chi connectivity index (χ3v) is 6.18. The van der Waals surface area contributed by atoms with Crippen molar-refractivity contribution < 1.29 is 19.0 Å². The van der Waals surface area contributed by atoms with Crippen LogP contribution in [0.5, 0.6) is 11.5 Å². The van der Waals surface area contributed by atoms with Crippen LogP contribution in [-0.2, 0) is 11.3 Å². The number of nitrogens with zero attached hydrogens (tertiary/aromatic N) is 1.